The van der Waals surface area contributed by atoms with Crippen molar-refractivity contribution in [1.82, 2.24) is 14.5 Å². The van der Waals surface area contributed by atoms with Gasteiger partial charge in [-0.05, 0) is 42.8 Å². The lowest BCUT2D eigenvalue weighted by atomic mass is 10.2. The van der Waals surface area contributed by atoms with E-state index in [1.807, 2.05) is 28.8 Å². The molecule has 0 saturated carbocycles. The van der Waals surface area contributed by atoms with E-state index in [9.17, 15) is 13.2 Å². The number of aromatic nitrogens is 3. The number of alkyl halides is 3. The predicted octanol–water partition coefficient (Wildman–Crippen LogP) is 5.57. The average Bonchev–Trinajstić information content (AvgIpc) is 3.10. The van der Waals surface area contributed by atoms with Gasteiger partial charge in [0.2, 0.25) is 0 Å². The molecule has 0 fully saturated rings. The van der Waals surface area contributed by atoms with E-state index in [0.717, 1.165) is 23.2 Å². The molecule has 0 aliphatic heterocycles. The van der Waals surface area contributed by atoms with Crippen LogP contribution in [0.15, 0.2) is 72.4 Å². The van der Waals surface area contributed by atoms with Crippen LogP contribution in [-0.4, -0.2) is 52.7 Å². The predicted molar refractivity (Wildman–Crippen MR) is 132 cm³/mol. The van der Waals surface area contributed by atoms with Crippen molar-refractivity contribution in [3.63, 3.8) is 0 Å². The lowest BCUT2D eigenvalue weighted by molar-refractivity contribution is -0.0883. The van der Waals surface area contributed by atoms with Crippen molar-refractivity contribution in [3.05, 3.63) is 77.4 Å². The van der Waals surface area contributed by atoms with Gasteiger partial charge in [-0.25, -0.2) is 9.97 Å². The van der Waals surface area contributed by atoms with E-state index in [-0.39, 0.29) is 29.7 Å². The van der Waals surface area contributed by atoms with E-state index in [1.54, 1.807) is 24.3 Å². The monoisotopic (exact) mass is 520 g/mol. The first kappa shape index (κ1) is 25.7. The molecule has 11 heteroatoms. The first-order valence-electron chi connectivity index (χ1n) is 11.1. The molecular weight excluding hydrogens is 497 g/mol. The molecule has 0 radical (unpaired) electrons. The quantitative estimate of drug-likeness (QED) is 0.372. The Labute approximate surface area is 210 Å². The second kappa shape index (κ2) is 11.2. The van der Waals surface area contributed by atoms with Crippen LogP contribution in [0.3, 0.4) is 0 Å². The van der Waals surface area contributed by atoms with Crippen LogP contribution in [0.25, 0.3) is 11.0 Å². The highest BCUT2D eigenvalue weighted by atomic mass is 35.5. The summed E-state index contributed by atoms with van der Waals surface area (Å²) < 4.78 is 52.6. The average molecular weight is 521 g/mol. The molecule has 1 aliphatic carbocycles. The molecule has 0 spiro atoms. The Bertz CT molecular complexity index is 1320. The fraction of sp³-hybridized carbons (Fsp3) is 0.280. The molecule has 4 rings (SSSR count). The van der Waals surface area contributed by atoms with Gasteiger partial charge in [-0.3, -0.25) is 0 Å². The maximum atomic E-state index is 13.2. The molecule has 36 heavy (non-hydrogen) atoms. The molecule has 0 bridgehead atoms. The molecule has 7 nitrogen and oxygen atoms in total. The van der Waals surface area contributed by atoms with Gasteiger partial charge < -0.3 is 24.0 Å². The van der Waals surface area contributed by atoms with Gasteiger partial charge in [0.25, 0.3) is 0 Å². The van der Waals surface area contributed by atoms with Gasteiger partial charge in [0.1, 0.15) is 23.4 Å². The van der Waals surface area contributed by atoms with Crippen molar-refractivity contribution >= 4 is 34.1 Å². The number of anilines is 2. The molecule has 1 N–H and O–H groups in total. The Morgan fingerprint density at radius 2 is 2.03 bits per heavy atom. The van der Waals surface area contributed by atoms with Gasteiger partial charge >= 0.3 is 6.18 Å². The third-order valence-electron chi connectivity index (χ3n) is 5.47. The van der Waals surface area contributed by atoms with Crippen molar-refractivity contribution < 1.29 is 27.8 Å². The summed E-state index contributed by atoms with van der Waals surface area (Å²) >= 11 is 6.46. The van der Waals surface area contributed by atoms with Crippen molar-refractivity contribution in [2.24, 2.45) is 0 Å². The molecule has 2 aromatic heterocycles. The van der Waals surface area contributed by atoms with Crippen LogP contribution in [0, 0.1) is 0 Å². The number of halogens is 4. The summed E-state index contributed by atoms with van der Waals surface area (Å²) in [6, 6.07) is 6.89. The van der Waals surface area contributed by atoms with E-state index >= 15 is 0 Å². The molecule has 2 heterocycles. The largest absolute Gasteiger partial charge is 0.456 e. The maximum Gasteiger partial charge on any atom is 0.416 e. The van der Waals surface area contributed by atoms with E-state index in [4.69, 9.17) is 26.2 Å². The standard InChI is InChI=1S/C25H24ClF3N4O3/c1-32(24-23-21(30-16-31-24)8-9-33(23)10-12-35-13-11-34)18-6-7-22(20(26)15-18)36-19-5-3-2-4-17(14-19)25(27,28)29/h2,4-9,14-16,34H,3,10-13H2,1H3. The Hall–Kier alpha value is -3.34. The van der Waals surface area contributed by atoms with Gasteiger partial charge in [-0.1, -0.05) is 23.8 Å². The molecule has 1 aliphatic rings. The summed E-state index contributed by atoms with van der Waals surface area (Å²) in [4.78, 5) is 10.6. The fourth-order valence-corrected chi connectivity index (χ4v) is 3.91. The van der Waals surface area contributed by atoms with Gasteiger partial charge in [-0.15, -0.1) is 0 Å². The summed E-state index contributed by atoms with van der Waals surface area (Å²) in [5, 5.41) is 9.13. The minimum Gasteiger partial charge on any atom is -0.456 e. The van der Waals surface area contributed by atoms with E-state index in [0.29, 0.717) is 31.1 Å². The Morgan fingerprint density at radius 1 is 1.19 bits per heavy atom. The zero-order valence-corrected chi connectivity index (χ0v) is 20.1. The number of hydrogen-bond donors (Lipinski definition) is 1. The highest BCUT2D eigenvalue weighted by Crippen LogP contribution is 2.36. The molecule has 0 amide bonds. The van der Waals surface area contributed by atoms with Crippen molar-refractivity contribution in [3.8, 4) is 5.75 Å². The van der Waals surface area contributed by atoms with Crippen LogP contribution in [-0.2, 0) is 11.3 Å². The first-order chi connectivity index (χ1) is 17.3. The van der Waals surface area contributed by atoms with Crippen LogP contribution in [0.1, 0.15) is 6.42 Å². The highest BCUT2D eigenvalue weighted by molar-refractivity contribution is 6.32. The third kappa shape index (κ3) is 5.89. The number of aliphatic hydroxyl groups excluding tert-OH is 1. The minimum absolute atomic E-state index is 0.0437. The number of hydrogen-bond acceptors (Lipinski definition) is 6. The van der Waals surface area contributed by atoms with Gasteiger partial charge in [-0.2, -0.15) is 13.2 Å². The first-order valence-corrected chi connectivity index (χ1v) is 11.5. The number of rotatable bonds is 9. The zero-order chi connectivity index (χ0) is 25.7. The van der Waals surface area contributed by atoms with Crippen LogP contribution in [0.5, 0.6) is 5.75 Å². The summed E-state index contributed by atoms with van der Waals surface area (Å²) in [5.41, 5.74) is 1.45. The molecule has 0 unspecified atom stereocenters. The smallest absolute Gasteiger partial charge is 0.416 e. The van der Waals surface area contributed by atoms with Crippen molar-refractivity contribution in [2.75, 3.05) is 31.8 Å². The summed E-state index contributed by atoms with van der Waals surface area (Å²) in [6.07, 6.45) is 4.15. The number of fused-ring (bicyclic) bond motifs is 1. The number of aliphatic hydroxyl groups is 1. The Kier molecular flexibility index (Phi) is 7.97. The van der Waals surface area contributed by atoms with E-state index in [1.165, 1.54) is 12.4 Å². The number of nitrogens with zero attached hydrogens (tertiary/aromatic N) is 4. The molecule has 0 atom stereocenters. The third-order valence-corrected chi connectivity index (χ3v) is 5.76. The lowest BCUT2D eigenvalue weighted by Crippen LogP contribution is -2.14. The molecule has 3 aromatic rings. The number of benzene rings is 1. The van der Waals surface area contributed by atoms with Crippen LogP contribution in [0.2, 0.25) is 5.02 Å². The summed E-state index contributed by atoms with van der Waals surface area (Å²) in [7, 11) is 1.82. The Balaban J connectivity index is 1.57. The van der Waals surface area contributed by atoms with E-state index < -0.39 is 11.7 Å². The molecule has 1 aromatic carbocycles. The van der Waals surface area contributed by atoms with Gasteiger partial charge in [0, 0.05) is 25.5 Å². The lowest BCUT2D eigenvalue weighted by Gasteiger charge is -2.21. The van der Waals surface area contributed by atoms with Crippen LogP contribution in [0.4, 0.5) is 24.7 Å². The summed E-state index contributed by atoms with van der Waals surface area (Å²) in [6.45, 7) is 1.17. The van der Waals surface area contributed by atoms with Crippen LogP contribution < -0.4 is 9.64 Å². The van der Waals surface area contributed by atoms with E-state index in [2.05, 4.69) is 9.97 Å². The maximum absolute atomic E-state index is 13.2. The zero-order valence-electron chi connectivity index (χ0n) is 19.4. The fourth-order valence-electron chi connectivity index (χ4n) is 3.69. The number of allylic oxidation sites excluding steroid dienone is 5. The minimum atomic E-state index is -4.48. The molecule has 0 saturated heterocycles. The Morgan fingerprint density at radius 3 is 2.78 bits per heavy atom. The van der Waals surface area contributed by atoms with Crippen molar-refractivity contribution in [1.29, 1.82) is 0 Å². The van der Waals surface area contributed by atoms with Crippen molar-refractivity contribution in [2.45, 2.75) is 19.1 Å². The van der Waals surface area contributed by atoms with Crippen LogP contribution >= 0.6 is 11.6 Å². The van der Waals surface area contributed by atoms with Gasteiger partial charge in [0.05, 0.1) is 35.9 Å². The summed E-state index contributed by atoms with van der Waals surface area (Å²) in [5.74, 6) is 0.929. The molecular formula is C25H24ClF3N4O3. The second-order valence-corrected chi connectivity index (χ2v) is 8.30. The topological polar surface area (TPSA) is 72.6 Å². The molecule has 190 valence electrons. The highest BCUT2D eigenvalue weighted by Gasteiger charge is 2.32. The SMILES string of the molecule is CN(c1ccc(OC2=CCC=CC(C(F)(F)F)=C2)c(Cl)c1)c1ncnc2ccn(CCOCCO)c12. The number of ether oxygens (including phenoxy) is 2. The van der Waals surface area contributed by atoms with Gasteiger partial charge in [0.15, 0.2) is 5.82 Å². The second-order valence-electron chi connectivity index (χ2n) is 7.89. The normalized spacial score (nSPS) is 13.9.